The molecule has 3 N–H and O–H groups in total. The van der Waals surface area contributed by atoms with Crippen molar-refractivity contribution in [2.24, 2.45) is 5.73 Å². The molecule has 15 heavy (non-hydrogen) atoms. The number of carbonyl (C=O) groups is 3. The van der Waals surface area contributed by atoms with Gasteiger partial charge < -0.3 is 20.6 Å². The summed E-state index contributed by atoms with van der Waals surface area (Å²) in [6, 6.07) is -1.02. The van der Waals surface area contributed by atoms with Crippen molar-refractivity contribution in [2.75, 3.05) is 6.54 Å². The molecule has 0 saturated carbocycles. The number of amides is 2. The normalized spacial score (nSPS) is 33.7. The third kappa shape index (κ3) is 1.13. The van der Waals surface area contributed by atoms with Gasteiger partial charge in [0.1, 0.15) is 6.04 Å². The standard InChI is InChI=1S/C8H11N3O4/c1-3(12)10-2-4-5(9)7(13)11(4)6(10)8(14)15/h4-6H,2,9H2,1H3,(H,14,15)/t4?,5-,6?/m1/s1. The molecule has 2 fully saturated rings. The summed E-state index contributed by atoms with van der Waals surface area (Å²) >= 11 is 0. The average Bonchev–Trinajstić information content (AvgIpc) is 2.53. The van der Waals surface area contributed by atoms with E-state index in [0.29, 0.717) is 0 Å². The first kappa shape index (κ1) is 9.91. The SMILES string of the molecule is CC(=O)N1CC2[C@@H](N)C(=O)N2C1C(=O)O. The van der Waals surface area contributed by atoms with Gasteiger partial charge in [0.2, 0.25) is 18.0 Å². The molecule has 2 saturated heterocycles. The van der Waals surface area contributed by atoms with E-state index in [9.17, 15) is 14.4 Å². The number of nitrogens with two attached hydrogens (primary N) is 1. The zero-order valence-electron chi connectivity index (χ0n) is 8.08. The van der Waals surface area contributed by atoms with Crippen molar-refractivity contribution in [3.8, 4) is 0 Å². The third-order valence-corrected chi connectivity index (χ3v) is 2.88. The van der Waals surface area contributed by atoms with Crippen molar-refractivity contribution in [3.63, 3.8) is 0 Å². The van der Waals surface area contributed by atoms with Crippen LogP contribution in [0.15, 0.2) is 0 Å². The highest BCUT2D eigenvalue weighted by atomic mass is 16.4. The summed E-state index contributed by atoms with van der Waals surface area (Å²) in [5, 5.41) is 8.93. The van der Waals surface area contributed by atoms with Gasteiger partial charge in [0, 0.05) is 13.5 Å². The van der Waals surface area contributed by atoms with Crippen LogP contribution in [0.2, 0.25) is 0 Å². The van der Waals surface area contributed by atoms with E-state index < -0.39 is 24.1 Å². The van der Waals surface area contributed by atoms with Gasteiger partial charge >= 0.3 is 5.97 Å². The Labute approximate surface area is 85.4 Å². The maximum absolute atomic E-state index is 11.3. The molecule has 2 unspecified atom stereocenters. The summed E-state index contributed by atoms with van der Waals surface area (Å²) in [6.45, 7) is 1.48. The second-order valence-corrected chi connectivity index (χ2v) is 3.72. The number of β-lactam (4-membered cyclic amide) rings is 1. The predicted molar refractivity (Wildman–Crippen MR) is 47.4 cm³/mol. The molecule has 0 aromatic rings. The number of carboxylic acids is 1. The van der Waals surface area contributed by atoms with E-state index in [4.69, 9.17) is 10.8 Å². The van der Waals surface area contributed by atoms with Gasteiger partial charge in [-0.05, 0) is 0 Å². The molecule has 0 aromatic heterocycles. The van der Waals surface area contributed by atoms with E-state index in [-0.39, 0.29) is 18.5 Å². The van der Waals surface area contributed by atoms with Crippen molar-refractivity contribution >= 4 is 17.8 Å². The average molecular weight is 213 g/mol. The van der Waals surface area contributed by atoms with Gasteiger partial charge in [-0.1, -0.05) is 0 Å². The Balaban J connectivity index is 2.28. The number of aliphatic carboxylic acids is 1. The van der Waals surface area contributed by atoms with Crippen molar-refractivity contribution < 1.29 is 19.5 Å². The van der Waals surface area contributed by atoms with Gasteiger partial charge in [-0.2, -0.15) is 0 Å². The summed E-state index contributed by atoms with van der Waals surface area (Å²) in [6.07, 6.45) is -1.18. The molecule has 0 bridgehead atoms. The highest BCUT2D eigenvalue weighted by Crippen LogP contribution is 2.31. The maximum Gasteiger partial charge on any atom is 0.347 e. The number of carbonyl (C=O) groups excluding carboxylic acids is 2. The van der Waals surface area contributed by atoms with E-state index in [2.05, 4.69) is 0 Å². The fourth-order valence-corrected chi connectivity index (χ4v) is 2.10. The van der Waals surface area contributed by atoms with Crippen LogP contribution in [0.5, 0.6) is 0 Å². The number of rotatable bonds is 1. The second kappa shape index (κ2) is 2.93. The summed E-state index contributed by atoms with van der Waals surface area (Å²) in [7, 11) is 0. The zero-order valence-corrected chi connectivity index (χ0v) is 8.08. The van der Waals surface area contributed by atoms with Crippen molar-refractivity contribution in [1.82, 2.24) is 9.80 Å². The highest BCUT2D eigenvalue weighted by molar-refractivity contribution is 5.96. The molecule has 2 amide bonds. The van der Waals surface area contributed by atoms with E-state index in [1.54, 1.807) is 0 Å². The van der Waals surface area contributed by atoms with Crippen molar-refractivity contribution in [2.45, 2.75) is 25.2 Å². The molecule has 82 valence electrons. The Bertz CT molecular complexity index is 354. The Hall–Kier alpha value is -1.63. The van der Waals surface area contributed by atoms with Crippen LogP contribution < -0.4 is 5.73 Å². The Kier molecular flexibility index (Phi) is 1.93. The Morgan fingerprint density at radius 1 is 1.53 bits per heavy atom. The summed E-state index contributed by atoms with van der Waals surface area (Å²) in [5.41, 5.74) is 5.51. The lowest BCUT2D eigenvalue weighted by Gasteiger charge is -2.40. The molecule has 3 atom stereocenters. The minimum atomic E-state index is -1.20. The molecule has 7 heteroatoms. The number of nitrogens with zero attached hydrogens (tertiary/aromatic N) is 2. The highest BCUT2D eigenvalue weighted by Gasteiger charge is 2.58. The van der Waals surface area contributed by atoms with Crippen LogP contribution in [0.1, 0.15) is 6.92 Å². The fourth-order valence-electron chi connectivity index (χ4n) is 2.10. The number of carboxylic acid groups (broad SMARTS) is 1. The zero-order chi connectivity index (χ0) is 11.3. The first-order valence-corrected chi connectivity index (χ1v) is 4.53. The second-order valence-electron chi connectivity index (χ2n) is 3.72. The van der Waals surface area contributed by atoms with Crippen LogP contribution in [0, 0.1) is 0 Å². The van der Waals surface area contributed by atoms with Crippen LogP contribution >= 0.6 is 0 Å². The van der Waals surface area contributed by atoms with E-state index in [1.807, 2.05) is 0 Å². The lowest BCUT2D eigenvalue weighted by atomic mass is 9.98. The monoisotopic (exact) mass is 213 g/mol. The van der Waals surface area contributed by atoms with Crippen LogP contribution in [0.4, 0.5) is 0 Å². The Morgan fingerprint density at radius 2 is 2.13 bits per heavy atom. The van der Waals surface area contributed by atoms with Gasteiger partial charge in [0.25, 0.3) is 0 Å². The first-order chi connectivity index (χ1) is 6.95. The molecule has 2 heterocycles. The quantitative estimate of drug-likeness (QED) is 0.481. The summed E-state index contributed by atoms with van der Waals surface area (Å²) in [5.74, 6) is -1.97. The molecule has 2 aliphatic rings. The lowest BCUT2D eigenvalue weighted by molar-refractivity contribution is -0.164. The molecule has 0 aliphatic carbocycles. The van der Waals surface area contributed by atoms with Crippen LogP contribution in [-0.4, -0.2) is 57.5 Å². The Morgan fingerprint density at radius 3 is 2.60 bits per heavy atom. The minimum absolute atomic E-state index is 0.208. The van der Waals surface area contributed by atoms with Gasteiger partial charge in [0.15, 0.2) is 0 Å². The fraction of sp³-hybridized carbons (Fsp3) is 0.625. The van der Waals surface area contributed by atoms with Gasteiger partial charge in [0.05, 0.1) is 6.04 Å². The largest absolute Gasteiger partial charge is 0.478 e. The van der Waals surface area contributed by atoms with E-state index in [0.717, 1.165) is 9.80 Å². The molecule has 0 radical (unpaired) electrons. The van der Waals surface area contributed by atoms with Crippen LogP contribution in [0.25, 0.3) is 0 Å². The number of hydrogen-bond donors (Lipinski definition) is 2. The summed E-state index contributed by atoms with van der Waals surface area (Å²) in [4.78, 5) is 35.7. The van der Waals surface area contributed by atoms with Gasteiger partial charge in [-0.15, -0.1) is 0 Å². The minimum Gasteiger partial charge on any atom is -0.478 e. The molecule has 2 aliphatic heterocycles. The van der Waals surface area contributed by atoms with Crippen molar-refractivity contribution in [1.29, 1.82) is 0 Å². The van der Waals surface area contributed by atoms with Crippen LogP contribution in [0.3, 0.4) is 0 Å². The maximum atomic E-state index is 11.3. The summed E-state index contributed by atoms with van der Waals surface area (Å²) < 4.78 is 0. The predicted octanol–water partition coefficient (Wildman–Crippen LogP) is -2.20. The molecular weight excluding hydrogens is 202 g/mol. The first-order valence-electron chi connectivity index (χ1n) is 4.53. The smallest absolute Gasteiger partial charge is 0.347 e. The van der Waals surface area contributed by atoms with E-state index in [1.165, 1.54) is 6.92 Å². The van der Waals surface area contributed by atoms with Crippen LogP contribution in [-0.2, 0) is 14.4 Å². The molecule has 2 rings (SSSR count). The lowest BCUT2D eigenvalue weighted by Crippen LogP contribution is -2.69. The number of fused-ring (bicyclic) bond motifs is 1. The van der Waals surface area contributed by atoms with Gasteiger partial charge in [-0.25, -0.2) is 4.79 Å². The third-order valence-electron chi connectivity index (χ3n) is 2.88. The van der Waals surface area contributed by atoms with Crippen molar-refractivity contribution in [3.05, 3.63) is 0 Å². The van der Waals surface area contributed by atoms with Gasteiger partial charge in [-0.3, -0.25) is 9.59 Å². The topological polar surface area (TPSA) is 104 Å². The number of hydrogen-bond acceptors (Lipinski definition) is 4. The molecule has 7 nitrogen and oxygen atoms in total. The molecule has 0 spiro atoms. The molecule has 0 aromatic carbocycles. The molecular formula is C8H11N3O4. The van der Waals surface area contributed by atoms with E-state index >= 15 is 0 Å².